The predicted octanol–water partition coefficient (Wildman–Crippen LogP) is 2.85. The normalized spacial score (nSPS) is 10.6. The summed E-state index contributed by atoms with van der Waals surface area (Å²) in [5, 5.41) is 1.49. The first-order valence-electron chi connectivity index (χ1n) is 7.47. The Morgan fingerprint density at radius 3 is 2.46 bits per heavy atom. The molecule has 24 heavy (non-hydrogen) atoms. The fraction of sp³-hybridized carbons (Fsp3) is 0.158. The molecule has 5 heteroatoms. The third kappa shape index (κ3) is 3.01. The largest absolute Gasteiger partial charge is 0.497 e. The van der Waals surface area contributed by atoms with Gasteiger partial charge in [-0.05, 0) is 47.3 Å². The molecule has 0 fully saturated rings. The average molecular weight is 323 g/mol. The highest BCUT2D eigenvalue weighted by Crippen LogP contribution is 2.18. The minimum atomic E-state index is -0.377. The molecular formula is C19H17NO4. The lowest BCUT2D eigenvalue weighted by atomic mass is 10.1. The summed E-state index contributed by atoms with van der Waals surface area (Å²) in [6.45, 7) is 0.433. The number of methoxy groups -OCH3 is 2. The lowest BCUT2D eigenvalue weighted by Gasteiger charge is -2.09. The van der Waals surface area contributed by atoms with E-state index >= 15 is 0 Å². The smallest absolute Gasteiger partial charge is 0.337 e. The topological polar surface area (TPSA) is 57.5 Å². The quantitative estimate of drug-likeness (QED) is 0.693. The van der Waals surface area contributed by atoms with Crippen LogP contribution in [0.2, 0.25) is 0 Å². The number of rotatable bonds is 4. The molecule has 0 unspecified atom stereocenters. The number of hydrogen-bond donors (Lipinski definition) is 0. The maximum atomic E-state index is 12.6. The van der Waals surface area contributed by atoms with E-state index in [4.69, 9.17) is 4.74 Å². The van der Waals surface area contributed by atoms with E-state index in [2.05, 4.69) is 4.74 Å². The first-order chi connectivity index (χ1) is 11.6. The maximum absolute atomic E-state index is 12.6. The molecule has 0 aliphatic heterocycles. The van der Waals surface area contributed by atoms with Crippen molar-refractivity contribution in [3.63, 3.8) is 0 Å². The van der Waals surface area contributed by atoms with Gasteiger partial charge >= 0.3 is 5.97 Å². The SMILES string of the molecule is COC(=O)c1ccc(Cn2ccc3cc(OC)ccc3c2=O)cc1. The summed E-state index contributed by atoms with van der Waals surface area (Å²) in [6, 6.07) is 14.3. The molecule has 0 N–H and O–H groups in total. The van der Waals surface area contributed by atoms with E-state index in [1.807, 2.05) is 24.3 Å². The Balaban J connectivity index is 1.91. The fourth-order valence-electron chi connectivity index (χ4n) is 2.58. The number of carbonyl (C=O) groups excluding carboxylic acids is 1. The molecular weight excluding hydrogens is 306 g/mol. The van der Waals surface area contributed by atoms with Crippen molar-refractivity contribution >= 4 is 16.7 Å². The van der Waals surface area contributed by atoms with Crippen molar-refractivity contribution in [3.05, 3.63) is 76.2 Å². The van der Waals surface area contributed by atoms with Crippen LogP contribution in [-0.2, 0) is 11.3 Å². The molecule has 0 radical (unpaired) electrons. The summed E-state index contributed by atoms with van der Waals surface area (Å²) in [6.07, 6.45) is 1.76. The van der Waals surface area contributed by atoms with Gasteiger partial charge in [0.05, 0.1) is 26.3 Å². The molecule has 3 rings (SSSR count). The van der Waals surface area contributed by atoms with Gasteiger partial charge < -0.3 is 14.0 Å². The van der Waals surface area contributed by atoms with E-state index < -0.39 is 0 Å². The lowest BCUT2D eigenvalue weighted by molar-refractivity contribution is 0.0600. The molecule has 0 atom stereocenters. The van der Waals surface area contributed by atoms with Crippen molar-refractivity contribution in [1.82, 2.24) is 4.57 Å². The van der Waals surface area contributed by atoms with Crippen LogP contribution in [0.4, 0.5) is 0 Å². The summed E-state index contributed by atoms with van der Waals surface area (Å²) in [4.78, 5) is 24.1. The fourth-order valence-corrected chi connectivity index (χ4v) is 2.58. The Bertz CT molecular complexity index is 942. The van der Waals surface area contributed by atoms with Gasteiger partial charge in [0.15, 0.2) is 0 Å². The van der Waals surface area contributed by atoms with Crippen LogP contribution in [0, 0.1) is 0 Å². The molecule has 0 aliphatic carbocycles. The number of pyridine rings is 1. The number of nitrogens with zero attached hydrogens (tertiary/aromatic N) is 1. The van der Waals surface area contributed by atoms with Crippen LogP contribution in [0.25, 0.3) is 10.8 Å². The summed E-state index contributed by atoms with van der Waals surface area (Å²) in [5.41, 5.74) is 1.35. The lowest BCUT2D eigenvalue weighted by Crippen LogP contribution is -2.20. The highest BCUT2D eigenvalue weighted by Gasteiger charge is 2.07. The zero-order valence-corrected chi connectivity index (χ0v) is 13.5. The van der Waals surface area contributed by atoms with Gasteiger partial charge in [-0.2, -0.15) is 0 Å². The van der Waals surface area contributed by atoms with Gasteiger partial charge in [-0.1, -0.05) is 12.1 Å². The number of aromatic nitrogens is 1. The molecule has 0 amide bonds. The maximum Gasteiger partial charge on any atom is 0.337 e. The van der Waals surface area contributed by atoms with Gasteiger partial charge in [-0.15, -0.1) is 0 Å². The number of benzene rings is 2. The summed E-state index contributed by atoms with van der Waals surface area (Å²) in [5.74, 6) is 0.344. The van der Waals surface area contributed by atoms with Crippen LogP contribution in [0.5, 0.6) is 5.75 Å². The van der Waals surface area contributed by atoms with E-state index in [9.17, 15) is 9.59 Å². The van der Waals surface area contributed by atoms with Crippen LogP contribution >= 0.6 is 0 Å². The summed E-state index contributed by atoms with van der Waals surface area (Å²) >= 11 is 0. The second kappa shape index (κ2) is 6.58. The molecule has 0 bridgehead atoms. The van der Waals surface area contributed by atoms with Gasteiger partial charge in [-0.25, -0.2) is 4.79 Å². The average Bonchev–Trinajstić information content (AvgIpc) is 2.63. The van der Waals surface area contributed by atoms with Gasteiger partial charge in [0.25, 0.3) is 5.56 Å². The van der Waals surface area contributed by atoms with Crippen LogP contribution in [-0.4, -0.2) is 24.8 Å². The van der Waals surface area contributed by atoms with Gasteiger partial charge in [0, 0.05) is 11.6 Å². The minimum absolute atomic E-state index is 0.0628. The summed E-state index contributed by atoms with van der Waals surface area (Å²) in [7, 11) is 2.94. The molecule has 5 nitrogen and oxygen atoms in total. The van der Waals surface area contributed by atoms with Gasteiger partial charge in [0.2, 0.25) is 0 Å². The molecule has 3 aromatic rings. The molecule has 1 aromatic heterocycles. The standard InChI is InChI=1S/C19H17NO4/c1-23-16-7-8-17-15(11-16)9-10-20(18(17)21)12-13-3-5-14(6-4-13)19(22)24-2/h3-11H,12H2,1-2H3. The Morgan fingerprint density at radius 1 is 1.04 bits per heavy atom. The second-order valence-electron chi connectivity index (χ2n) is 5.39. The first-order valence-corrected chi connectivity index (χ1v) is 7.47. The molecule has 0 saturated carbocycles. The Morgan fingerprint density at radius 2 is 1.79 bits per heavy atom. The van der Waals surface area contributed by atoms with Crippen molar-refractivity contribution in [2.75, 3.05) is 14.2 Å². The summed E-state index contributed by atoms with van der Waals surface area (Å²) < 4.78 is 11.5. The van der Waals surface area contributed by atoms with Crippen molar-refractivity contribution in [3.8, 4) is 5.75 Å². The number of hydrogen-bond acceptors (Lipinski definition) is 4. The molecule has 2 aromatic carbocycles. The zero-order valence-electron chi connectivity index (χ0n) is 13.5. The van der Waals surface area contributed by atoms with Crippen LogP contribution in [0.15, 0.2) is 59.5 Å². The number of ether oxygens (including phenoxy) is 2. The molecule has 1 heterocycles. The monoisotopic (exact) mass is 323 g/mol. The molecule has 0 saturated heterocycles. The van der Waals surface area contributed by atoms with E-state index in [0.29, 0.717) is 17.5 Å². The first kappa shape index (κ1) is 15.8. The molecule has 122 valence electrons. The number of fused-ring (bicyclic) bond motifs is 1. The van der Waals surface area contributed by atoms with Crippen LogP contribution in [0.3, 0.4) is 0 Å². The van der Waals surface area contributed by atoms with E-state index in [0.717, 1.165) is 16.7 Å². The zero-order chi connectivity index (χ0) is 17.1. The Kier molecular flexibility index (Phi) is 4.33. The molecule has 0 aliphatic rings. The third-order valence-electron chi connectivity index (χ3n) is 3.91. The van der Waals surface area contributed by atoms with Crippen LogP contribution < -0.4 is 10.3 Å². The Labute approximate surface area is 139 Å². The number of esters is 1. The van der Waals surface area contributed by atoms with Crippen molar-refractivity contribution in [2.45, 2.75) is 6.54 Å². The van der Waals surface area contributed by atoms with Crippen LogP contribution in [0.1, 0.15) is 15.9 Å². The predicted molar refractivity (Wildman–Crippen MR) is 91.6 cm³/mol. The van der Waals surface area contributed by atoms with E-state index in [-0.39, 0.29) is 11.5 Å². The third-order valence-corrected chi connectivity index (χ3v) is 3.91. The Hall–Kier alpha value is -3.08. The molecule has 0 spiro atoms. The van der Waals surface area contributed by atoms with Crippen molar-refractivity contribution in [1.29, 1.82) is 0 Å². The van der Waals surface area contributed by atoms with Gasteiger partial charge in [0.1, 0.15) is 5.75 Å². The van der Waals surface area contributed by atoms with Crippen molar-refractivity contribution in [2.24, 2.45) is 0 Å². The second-order valence-corrected chi connectivity index (χ2v) is 5.39. The van der Waals surface area contributed by atoms with E-state index in [1.54, 1.807) is 42.1 Å². The highest BCUT2D eigenvalue weighted by molar-refractivity contribution is 5.89. The number of carbonyl (C=O) groups is 1. The minimum Gasteiger partial charge on any atom is -0.497 e. The van der Waals surface area contributed by atoms with E-state index in [1.165, 1.54) is 7.11 Å². The highest BCUT2D eigenvalue weighted by atomic mass is 16.5. The van der Waals surface area contributed by atoms with Gasteiger partial charge in [-0.3, -0.25) is 4.79 Å². The van der Waals surface area contributed by atoms with Crippen molar-refractivity contribution < 1.29 is 14.3 Å².